The Hall–Kier alpha value is -1.46. The number of carbonyl (C=O) groups is 1. The second-order valence-corrected chi connectivity index (χ2v) is 4.77. The molecule has 18 heavy (non-hydrogen) atoms. The van der Waals surface area contributed by atoms with Gasteiger partial charge in [0.2, 0.25) is 0 Å². The third kappa shape index (κ3) is 1.62. The normalized spacial score (nSPS) is 10.8. The molecular weight excluding hydrogens is 239 g/mol. The van der Waals surface area contributed by atoms with Gasteiger partial charge >= 0.3 is 0 Å². The van der Waals surface area contributed by atoms with Crippen molar-refractivity contribution in [1.82, 2.24) is 0 Å². The van der Waals surface area contributed by atoms with Crippen LogP contribution >= 0.6 is 9.90 Å². The summed E-state index contributed by atoms with van der Waals surface area (Å²) in [6.45, 7) is 6.18. The Kier molecular flexibility index (Phi) is 3.12. The number of hydrogen-bond donors (Lipinski definition) is 0. The highest BCUT2D eigenvalue weighted by Gasteiger charge is 2.24. The van der Waals surface area contributed by atoms with E-state index >= 15 is 0 Å². The van der Waals surface area contributed by atoms with Crippen LogP contribution in [0.15, 0.2) is 30.3 Å². The molecule has 1 atom stereocenters. The van der Waals surface area contributed by atoms with Crippen molar-refractivity contribution in [3.63, 3.8) is 0 Å². The average molecular weight is 256 g/mol. The van der Waals surface area contributed by atoms with E-state index in [-0.39, 0.29) is 15.7 Å². The topological polar surface area (TPSA) is 17.1 Å². The van der Waals surface area contributed by atoms with Crippen LogP contribution in [0, 0.1) is 20.8 Å². The highest BCUT2D eigenvalue weighted by atomic mass is 31.0. The van der Waals surface area contributed by atoms with Gasteiger partial charge in [0.05, 0.1) is 0 Å². The molecule has 0 saturated heterocycles. The van der Waals surface area contributed by atoms with Crippen LogP contribution in [0.5, 0.6) is 0 Å². The van der Waals surface area contributed by atoms with Gasteiger partial charge in [0.25, 0.3) is 0 Å². The van der Waals surface area contributed by atoms with Gasteiger partial charge in [-0.1, -0.05) is 24.3 Å². The van der Waals surface area contributed by atoms with Crippen LogP contribution in [0.4, 0.5) is 0 Å². The maximum atomic E-state index is 12.4. The van der Waals surface area contributed by atoms with E-state index in [0.29, 0.717) is 0 Å². The van der Waals surface area contributed by atoms with Crippen LogP contribution in [0.3, 0.4) is 0 Å². The average Bonchev–Trinajstić information content (AvgIpc) is 2.29. The Labute approximate surface area is 111 Å². The molecule has 0 amide bonds. The molecule has 0 bridgehead atoms. The van der Waals surface area contributed by atoms with E-state index < -0.39 is 0 Å². The third-order valence-corrected chi connectivity index (χ3v) is 3.88. The summed E-state index contributed by atoms with van der Waals surface area (Å²) in [5, 5.41) is 0. The van der Waals surface area contributed by atoms with Gasteiger partial charge in [-0.25, -0.2) is 0 Å². The summed E-state index contributed by atoms with van der Waals surface area (Å²) in [6, 6.07) is 10.0. The molecule has 0 radical (unpaired) electrons. The molecule has 0 saturated carbocycles. The first-order chi connectivity index (χ1) is 8.09. The Balaban J connectivity index is 0.00000120. The lowest BCUT2D eigenvalue weighted by Gasteiger charge is -2.21. The van der Waals surface area contributed by atoms with E-state index in [4.69, 9.17) is 0 Å². The van der Waals surface area contributed by atoms with Crippen LogP contribution in [0.25, 0.3) is 11.1 Å². The molecule has 0 N–H and O–H groups in total. The van der Waals surface area contributed by atoms with Gasteiger partial charge in [0.1, 0.15) is 0 Å². The first-order valence-corrected chi connectivity index (χ1v) is 5.85. The van der Waals surface area contributed by atoms with E-state index in [1.165, 1.54) is 16.7 Å². The smallest absolute Gasteiger partial charge is 0.193 e. The summed E-state index contributed by atoms with van der Waals surface area (Å²) < 4.78 is 0. The zero-order valence-electron chi connectivity index (χ0n) is 11.0. The molecular formula is C16H17OP. The monoisotopic (exact) mass is 256 g/mol. The molecule has 2 aliphatic carbocycles. The van der Waals surface area contributed by atoms with Crippen molar-refractivity contribution in [1.29, 1.82) is 0 Å². The van der Waals surface area contributed by atoms with Crippen molar-refractivity contribution < 1.29 is 4.79 Å². The van der Waals surface area contributed by atoms with Crippen molar-refractivity contribution in [2.24, 2.45) is 0 Å². The second kappa shape index (κ2) is 4.33. The SMILES string of the molecule is Cc1ccc(C(=O)c2cc3ccc2-3)c(C)c1C.P. The minimum Gasteiger partial charge on any atom is -0.289 e. The molecule has 0 aliphatic heterocycles. The van der Waals surface area contributed by atoms with E-state index in [0.717, 1.165) is 22.3 Å². The number of fused-ring (bicyclic) bond motifs is 1. The zero-order valence-corrected chi connectivity index (χ0v) is 12.4. The largest absolute Gasteiger partial charge is 0.289 e. The number of ketones is 1. The summed E-state index contributed by atoms with van der Waals surface area (Å²) in [4.78, 5) is 12.4. The number of rotatable bonds is 2. The van der Waals surface area contributed by atoms with Gasteiger partial charge in [-0.3, -0.25) is 4.79 Å². The lowest BCUT2D eigenvalue weighted by atomic mass is 9.81. The Bertz CT molecular complexity index is 656. The van der Waals surface area contributed by atoms with Crippen molar-refractivity contribution >= 4 is 15.7 Å². The Morgan fingerprint density at radius 2 is 1.61 bits per heavy atom. The summed E-state index contributed by atoms with van der Waals surface area (Å²) in [5.74, 6) is 0.161. The van der Waals surface area contributed by atoms with Crippen molar-refractivity contribution in [3.8, 4) is 11.1 Å². The van der Waals surface area contributed by atoms with Crippen molar-refractivity contribution in [3.05, 3.63) is 58.1 Å². The predicted molar refractivity (Wildman–Crippen MR) is 80.6 cm³/mol. The molecule has 1 unspecified atom stereocenters. The fourth-order valence-electron chi connectivity index (χ4n) is 2.32. The quantitative estimate of drug-likeness (QED) is 0.502. The summed E-state index contributed by atoms with van der Waals surface area (Å²) in [6.07, 6.45) is 0. The van der Waals surface area contributed by atoms with E-state index in [9.17, 15) is 4.79 Å². The molecule has 3 rings (SSSR count). The van der Waals surface area contributed by atoms with Gasteiger partial charge < -0.3 is 0 Å². The Morgan fingerprint density at radius 3 is 2.11 bits per heavy atom. The number of hydrogen-bond acceptors (Lipinski definition) is 1. The molecule has 0 fully saturated rings. The van der Waals surface area contributed by atoms with Crippen LogP contribution in [-0.2, 0) is 0 Å². The highest BCUT2D eigenvalue weighted by Crippen LogP contribution is 2.38. The maximum absolute atomic E-state index is 12.4. The summed E-state index contributed by atoms with van der Waals surface area (Å²) in [7, 11) is 0. The molecule has 1 aromatic carbocycles. The molecule has 0 spiro atoms. The van der Waals surface area contributed by atoms with E-state index in [2.05, 4.69) is 13.8 Å². The summed E-state index contributed by atoms with van der Waals surface area (Å²) >= 11 is 0. The highest BCUT2D eigenvalue weighted by molar-refractivity contribution is 6.92. The minimum absolute atomic E-state index is 0. The summed E-state index contributed by atoms with van der Waals surface area (Å²) in [5.41, 5.74) is 7.62. The molecule has 1 aromatic rings. The minimum atomic E-state index is 0. The molecule has 92 valence electrons. The van der Waals surface area contributed by atoms with E-state index in [1.807, 2.05) is 37.3 Å². The van der Waals surface area contributed by atoms with Crippen molar-refractivity contribution in [2.75, 3.05) is 0 Å². The lowest BCUT2D eigenvalue weighted by Crippen LogP contribution is -2.11. The number of benzene rings is 2. The van der Waals surface area contributed by atoms with Gasteiger partial charge in [-0.05, 0) is 54.7 Å². The van der Waals surface area contributed by atoms with Crippen LogP contribution in [0.2, 0.25) is 0 Å². The second-order valence-electron chi connectivity index (χ2n) is 4.77. The first kappa shape index (κ1) is 13.0. The number of carbonyl (C=O) groups excluding carboxylic acids is 1. The third-order valence-electron chi connectivity index (χ3n) is 3.88. The Morgan fingerprint density at radius 1 is 0.889 bits per heavy atom. The van der Waals surface area contributed by atoms with Gasteiger partial charge in [-0.15, -0.1) is 0 Å². The lowest BCUT2D eigenvalue weighted by molar-refractivity contribution is 0.103. The first-order valence-electron chi connectivity index (χ1n) is 5.85. The predicted octanol–water partition coefficient (Wildman–Crippen LogP) is 3.88. The maximum Gasteiger partial charge on any atom is 0.193 e. The van der Waals surface area contributed by atoms with Crippen LogP contribution in [0.1, 0.15) is 32.6 Å². The van der Waals surface area contributed by atoms with Crippen LogP contribution in [-0.4, -0.2) is 5.78 Å². The van der Waals surface area contributed by atoms with Crippen LogP contribution < -0.4 is 0 Å². The fourth-order valence-corrected chi connectivity index (χ4v) is 2.32. The number of aryl methyl sites for hydroxylation is 1. The van der Waals surface area contributed by atoms with Gasteiger partial charge in [0, 0.05) is 11.1 Å². The van der Waals surface area contributed by atoms with E-state index in [1.54, 1.807) is 0 Å². The zero-order chi connectivity index (χ0) is 12.2. The van der Waals surface area contributed by atoms with Gasteiger partial charge in [0.15, 0.2) is 5.78 Å². The standard InChI is InChI=1S/C16H14O.H3P/c1-9-4-6-13(11(3)10(9)2)16(17)15-8-12-5-7-14(12)15;/h4-8H,1-3H3;1H3. The molecule has 0 heterocycles. The van der Waals surface area contributed by atoms with Gasteiger partial charge in [-0.2, -0.15) is 9.90 Å². The molecule has 1 nitrogen and oxygen atoms in total. The van der Waals surface area contributed by atoms with Crippen molar-refractivity contribution in [2.45, 2.75) is 20.8 Å². The molecule has 2 heteroatoms. The molecule has 0 aromatic heterocycles. The fraction of sp³-hybridized carbons (Fsp3) is 0.188. The molecule has 2 aliphatic rings.